The Hall–Kier alpha value is -2.67. The fraction of sp³-hybridized carbons (Fsp3) is 0.211. The largest absolute Gasteiger partial charge is 0.350 e. The molecular weight excluding hydrogens is 351 g/mol. The number of amides is 1. The number of nitrogens with one attached hydrogen (secondary N) is 1. The number of hydrogen-bond acceptors (Lipinski definition) is 4. The molecule has 0 bridgehead atoms. The molecule has 0 aliphatic rings. The number of rotatable bonds is 7. The summed E-state index contributed by atoms with van der Waals surface area (Å²) in [5, 5.41) is 11.4. The van der Waals surface area contributed by atoms with Gasteiger partial charge in [0.1, 0.15) is 5.82 Å². The van der Waals surface area contributed by atoms with Gasteiger partial charge in [-0.2, -0.15) is 21.7 Å². The van der Waals surface area contributed by atoms with Gasteiger partial charge < -0.3 is 5.32 Å². The van der Waals surface area contributed by atoms with Crippen molar-refractivity contribution < 1.29 is 9.18 Å². The first kappa shape index (κ1) is 18.1. The van der Waals surface area contributed by atoms with Crippen LogP contribution in [0.3, 0.4) is 0 Å². The zero-order chi connectivity index (χ0) is 18.4. The van der Waals surface area contributed by atoms with Crippen molar-refractivity contribution in [2.75, 3.05) is 12.3 Å². The number of benzene rings is 2. The van der Waals surface area contributed by atoms with E-state index in [0.29, 0.717) is 35.0 Å². The summed E-state index contributed by atoms with van der Waals surface area (Å²) in [6, 6.07) is 16.2. The first-order valence-corrected chi connectivity index (χ1v) is 9.39. The Morgan fingerprint density at radius 3 is 2.62 bits per heavy atom. The summed E-state index contributed by atoms with van der Waals surface area (Å²) in [5.41, 5.74) is 2.36. The molecule has 1 amide bonds. The van der Waals surface area contributed by atoms with Crippen LogP contribution in [0.15, 0.2) is 54.6 Å². The van der Waals surface area contributed by atoms with E-state index in [1.54, 1.807) is 30.8 Å². The Balaban J connectivity index is 1.50. The third kappa shape index (κ3) is 4.49. The van der Waals surface area contributed by atoms with Gasteiger partial charge >= 0.3 is 0 Å². The van der Waals surface area contributed by atoms with Crippen LogP contribution in [-0.4, -0.2) is 33.2 Å². The summed E-state index contributed by atoms with van der Waals surface area (Å²) in [4.78, 5) is 13.8. The molecule has 0 fully saturated rings. The third-order valence-corrected chi connectivity index (χ3v) is 4.74. The quantitative estimate of drug-likeness (QED) is 0.648. The fourth-order valence-corrected chi connectivity index (χ4v) is 3.23. The van der Waals surface area contributed by atoms with Crippen LogP contribution in [0.4, 0.5) is 4.39 Å². The normalized spacial score (nSPS) is 10.7. The number of nitrogens with zero attached hydrogens (tertiary/aromatic N) is 3. The van der Waals surface area contributed by atoms with Gasteiger partial charge in [0.2, 0.25) is 0 Å². The molecule has 7 heteroatoms. The molecule has 0 spiro atoms. The van der Waals surface area contributed by atoms with Crippen molar-refractivity contribution in [3.05, 3.63) is 77.4 Å². The first-order chi connectivity index (χ1) is 12.6. The maximum absolute atomic E-state index is 13.5. The average molecular weight is 370 g/mol. The summed E-state index contributed by atoms with van der Waals surface area (Å²) >= 11 is 1.57. The second-order valence-electron chi connectivity index (χ2n) is 5.66. The van der Waals surface area contributed by atoms with Crippen LogP contribution in [0.1, 0.15) is 21.7 Å². The van der Waals surface area contributed by atoms with Crippen molar-refractivity contribution in [1.82, 2.24) is 20.3 Å². The number of thioether (sulfide) groups is 1. The topological polar surface area (TPSA) is 59.8 Å². The minimum atomic E-state index is -0.254. The van der Waals surface area contributed by atoms with Crippen molar-refractivity contribution in [3.8, 4) is 5.69 Å². The highest BCUT2D eigenvalue weighted by molar-refractivity contribution is 7.98. The molecule has 1 N–H and O–H groups in total. The van der Waals surface area contributed by atoms with Crippen LogP contribution in [0.5, 0.6) is 0 Å². The Morgan fingerprint density at radius 1 is 1.12 bits per heavy atom. The van der Waals surface area contributed by atoms with Gasteiger partial charge in [-0.3, -0.25) is 4.79 Å². The average Bonchev–Trinajstić information content (AvgIpc) is 3.05. The SMILES string of the molecule is Cc1nn(-c2ccccc2)nc1C(=O)NCCSCc1ccccc1F. The van der Waals surface area contributed by atoms with Crippen LogP contribution >= 0.6 is 11.8 Å². The van der Waals surface area contributed by atoms with Crippen LogP contribution in [0.2, 0.25) is 0 Å². The summed E-state index contributed by atoms with van der Waals surface area (Å²) in [7, 11) is 0. The van der Waals surface area contributed by atoms with E-state index < -0.39 is 0 Å². The number of aromatic nitrogens is 3. The molecule has 0 unspecified atom stereocenters. The number of halogens is 1. The second-order valence-corrected chi connectivity index (χ2v) is 6.76. The lowest BCUT2D eigenvalue weighted by Crippen LogP contribution is -2.27. The molecule has 134 valence electrons. The van der Waals surface area contributed by atoms with Crippen LogP contribution in [-0.2, 0) is 5.75 Å². The molecule has 0 radical (unpaired) electrons. The van der Waals surface area contributed by atoms with E-state index in [4.69, 9.17) is 0 Å². The summed E-state index contributed by atoms with van der Waals surface area (Å²) in [6.07, 6.45) is 0. The molecule has 0 aliphatic carbocycles. The van der Waals surface area contributed by atoms with Gasteiger partial charge in [-0.15, -0.1) is 5.10 Å². The maximum atomic E-state index is 13.5. The van der Waals surface area contributed by atoms with Crippen molar-refractivity contribution in [2.24, 2.45) is 0 Å². The Bertz CT molecular complexity index is 882. The predicted molar refractivity (Wildman–Crippen MR) is 101 cm³/mol. The fourth-order valence-electron chi connectivity index (χ4n) is 2.38. The Kier molecular flexibility index (Phi) is 6.01. The molecule has 0 atom stereocenters. The molecule has 0 saturated heterocycles. The minimum absolute atomic E-state index is 0.197. The van der Waals surface area contributed by atoms with Gasteiger partial charge in [0, 0.05) is 18.1 Å². The number of para-hydroxylation sites is 1. The molecule has 2 aromatic carbocycles. The number of carbonyl (C=O) groups is 1. The predicted octanol–water partition coefficient (Wildman–Crippen LogP) is 3.38. The third-order valence-electron chi connectivity index (χ3n) is 3.73. The number of aryl methyl sites for hydroxylation is 1. The zero-order valence-electron chi connectivity index (χ0n) is 14.4. The number of hydrogen-bond donors (Lipinski definition) is 1. The molecular formula is C19H19FN4OS. The molecule has 3 rings (SSSR count). The highest BCUT2D eigenvalue weighted by Crippen LogP contribution is 2.15. The van der Waals surface area contributed by atoms with Gasteiger partial charge in [-0.05, 0) is 30.7 Å². The van der Waals surface area contributed by atoms with Crippen molar-refractivity contribution in [3.63, 3.8) is 0 Å². The van der Waals surface area contributed by atoms with Gasteiger partial charge in [0.15, 0.2) is 5.69 Å². The molecule has 5 nitrogen and oxygen atoms in total. The first-order valence-electron chi connectivity index (χ1n) is 8.24. The van der Waals surface area contributed by atoms with E-state index in [2.05, 4.69) is 15.5 Å². The standard InChI is InChI=1S/C19H19FN4OS/c1-14-18(23-24(22-14)16-8-3-2-4-9-16)19(25)21-11-12-26-13-15-7-5-6-10-17(15)20/h2-10H,11-13H2,1H3,(H,21,25). The maximum Gasteiger partial charge on any atom is 0.273 e. The lowest BCUT2D eigenvalue weighted by Gasteiger charge is -2.05. The molecule has 0 aliphatic heterocycles. The van der Waals surface area contributed by atoms with Crippen molar-refractivity contribution in [1.29, 1.82) is 0 Å². The van der Waals surface area contributed by atoms with Crippen molar-refractivity contribution in [2.45, 2.75) is 12.7 Å². The van der Waals surface area contributed by atoms with E-state index >= 15 is 0 Å². The summed E-state index contributed by atoms with van der Waals surface area (Å²) in [5.74, 6) is 0.811. The minimum Gasteiger partial charge on any atom is -0.350 e. The molecule has 26 heavy (non-hydrogen) atoms. The molecule has 3 aromatic rings. The van der Waals surface area contributed by atoms with Crippen LogP contribution in [0.25, 0.3) is 5.69 Å². The second kappa shape index (κ2) is 8.62. The highest BCUT2D eigenvalue weighted by atomic mass is 32.2. The van der Waals surface area contributed by atoms with E-state index in [-0.39, 0.29) is 11.7 Å². The smallest absolute Gasteiger partial charge is 0.273 e. The van der Waals surface area contributed by atoms with Gasteiger partial charge in [-0.25, -0.2) is 4.39 Å². The van der Waals surface area contributed by atoms with Crippen molar-refractivity contribution >= 4 is 17.7 Å². The van der Waals surface area contributed by atoms with E-state index in [1.807, 2.05) is 36.4 Å². The molecule has 1 heterocycles. The van der Waals surface area contributed by atoms with Crippen LogP contribution < -0.4 is 5.32 Å². The monoisotopic (exact) mass is 370 g/mol. The van der Waals surface area contributed by atoms with Gasteiger partial charge in [-0.1, -0.05) is 36.4 Å². The molecule has 1 aromatic heterocycles. The van der Waals surface area contributed by atoms with Crippen LogP contribution in [0, 0.1) is 12.7 Å². The molecule has 0 saturated carbocycles. The summed E-state index contributed by atoms with van der Waals surface area (Å²) in [6.45, 7) is 2.24. The van der Waals surface area contributed by atoms with Gasteiger partial charge in [0.05, 0.1) is 11.4 Å². The lowest BCUT2D eigenvalue weighted by molar-refractivity contribution is 0.0950. The zero-order valence-corrected chi connectivity index (χ0v) is 15.2. The Labute approximate surface area is 155 Å². The van der Waals surface area contributed by atoms with E-state index in [1.165, 1.54) is 10.9 Å². The van der Waals surface area contributed by atoms with Gasteiger partial charge in [0.25, 0.3) is 5.91 Å². The van der Waals surface area contributed by atoms with E-state index in [0.717, 1.165) is 5.69 Å². The van der Waals surface area contributed by atoms with E-state index in [9.17, 15) is 9.18 Å². The number of carbonyl (C=O) groups excluding carboxylic acids is 1. The Morgan fingerprint density at radius 2 is 1.85 bits per heavy atom. The lowest BCUT2D eigenvalue weighted by atomic mass is 10.2. The summed E-state index contributed by atoms with van der Waals surface area (Å²) < 4.78 is 13.5. The highest BCUT2D eigenvalue weighted by Gasteiger charge is 2.15.